The van der Waals surface area contributed by atoms with Crippen LogP contribution in [0, 0.1) is 5.82 Å². The van der Waals surface area contributed by atoms with E-state index in [1.807, 2.05) is 30.5 Å². The minimum absolute atomic E-state index is 0. The number of aromatic nitrogens is 2. The molecule has 1 aliphatic heterocycles. The highest BCUT2D eigenvalue weighted by molar-refractivity contribution is 6.02. The molecule has 1 saturated heterocycles. The molecule has 0 radical (unpaired) electrons. The van der Waals surface area contributed by atoms with E-state index in [1.165, 1.54) is 12.1 Å². The molecule has 5 rings (SSSR count). The molecule has 0 aliphatic carbocycles. The van der Waals surface area contributed by atoms with Gasteiger partial charge in [-0.2, -0.15) is 0 Å². The van der Waals surface area contributed by atoms with Gasteiger partial charge < -0.3 is 25.8 Å². The number of hydrogen-bond donors (Lipinski definition) is 4. The second-order valence-electron chi connectivity index (χ2n) is 8.72. The van der Waals surface area contributed by atoms with Crippen molar-refractivity contribution in [1.29, 1.82) is 0 Å². The Morgan fingerprint density at radius 1 is 1.05 bits per heavy atom. The van der Waals surface area contributed by atoms with Gasteiger partial charge >= 0.3 is 0 Å². The summed E-state index contributed by atoms with van der Waals surface area (Å²) in [6.45, 7) is 3.19. The zero-order valence-corrected chi connectivity index (χ0v) is 20.9. The smallest absolute Gasteiger partial charge is 0.254 e. The first kappa shape index (κ1) is 26.1. The number of para-hydroxylation sites is 1. The van der Waals surface area contributed by atoms with Crippen LogP contribution >= 0.6 is 12.4 Å². The Morgan fingerprint density at radius 3 is 2.57 bits per heavy atom. The number of piperazine rings is 1. The summed E-state index contributed by atoms with van der Waals surface area (Å²) in [4.78, 5) is 35.6. The van der Waals surface area contributed by atoms with Crippen molar-refractivity contribution in [2.24, 2.45) is 0 Å². The molecule has 1 aliphatic rings. The number of nitrogens with one attached hydrogen (secondary N) is 4. The van der Waals surface area contributed by atoms with Crippen molar-refractivity contribution in [3.05, 3.63) is 90.1 Å². The maximum absolute atomic E-state index is 15.0. The number of amides is 2. The molecule has 4 aromatic rings. The number of rotatable bonds is 7. The van der Waals surface area contributed by atoms with Crippen molar-refractivity contribution in [2.75, 3.05) is 36.4 Å². The summed E-state index contributed by atoms with van der Waals surface area (Å²) < 4.78 is 15.0. The van der Waals surface area contributed by atoms with Gasteiger partial charge in [-0.05, 0) is 42.0 Å². The monoisotopic (exact) mass is 522 g/mol. The number of nitrogens with zero attached hydrogens (tertiary/aromatic N) is 2. The quantitative estimate of drug-likeness (QED) is 0.297. The highest BCUT2D eigenvalue weighted by Gasteiger charge is 2.25. The van der Waals surface area contributed by atoms with Crippen molar-refractivity contribution < 1.29 is 14.0 Å². The van der Waals surface area contributed by atoms with Crippen molar-refractivity contribution in [3.63, 3.8) is 0 Å². The van der Waals surface area contributed by atoms with Gasteiger partial charge in [0.2, 0.25) is 5.91 Å². The Hall–Kier alpha value is -3.95. The van der Waals surface area contributed by atoms with Crippen molar-refractivity contribution in [3.8, 4) is 0 Å². The van der Waals surface area contributed by atoms with Crippen LogP contribution in [0.25, 0.3) is 10.9 Å². The number of fused-ring (bicyclic) bond motifs is 1. The number of aromatic amines is 1. The van der Waals surface area contributed by atoms with Gasteiger partial charge in [-0.15, -0.1) is 12.4 Å². The van der Waals surface area contributed by atoms with Crippen LogP contribution in [0.1, 0.15) is 15.9 Å². The average molecular weight is 523 g/mol. The molecule has 0 saturated carbocycles. The van der Waals surface area contributed by atoms with E-state index in [-0.39, 0.29) is 24.4 Å². The summed E-state index contributed by atoms with van der Waals surface area (Å²) in [5, 5.41) is 9.79. The number of H-pyrrole nitrogens is 1. The summed E-state index contributed by atoms with van der Waals surface area (Å²) in [6.07, 6.45) is 5.19. The van der Waals surface area contributed by atoms with Crippen molar-refractivity contribution >= 4 is 46.5 Å². The van der Waals surface area contributed by atoms with Gasteiger partial charge in [0.05, 0.1) is 5.56 Å². The third-order valence-electron chi connectivity index (χ3n) is 6.35. The number of hydrogen-bond acceptors (Lipinski definition) is 5. The van der Waals surface area contributed by atoms with Gasteiger partial charge in [-0.25, -0.2) is 4.39 Å². The second-order valence-corrected chi connectivity index (χ2v) is 8.72. The topological polar surface area (TPSA) is 102 Å². The van der Waals surface area contributed by atoms with Gasteiger partial charge in [0.25, 0.3) is 5.91 Å². The van der Waals surface area contributed by atoms with Crippen LogP contribution in [0.5, 0.6) is 0 Å². The predicted octanol–water partition coefficient (Wildman–Crippen LogP) is 3.51. The standard InChI is InChI=1S/C27H27FN6O2.ClH/c28-23-16-20(34-13-11-30-12-14-34)5-6-22(23)26(35)33-25(27(36)32-19-7-9-29-10-8-19)15-18-17-31-24-4-2-1-3-21(18)24;/h1-10,16-17,25,30-31H,11-15H2,(H,33,35)(H,29,32,36);1H/t25-;/m0./s1. The number of carbonyl (C=O) groups excluding carboxylic acids is 2. The Bertz CT molecular complexity index is 1370. The van der Waals surface area contributed by atoms with Crippen molar-refractivity contribution in [2.45, 2.75) is 12.5 Å². The zero-order chi connectivity index (χ0) is 24.9. The third-order valence-corrected chi connectivity index (χ3v) is 6.35. The first-order valence-electron chi connectivity index (χ1n) is 11.9. The Labute approximate surface area is 220 Å². The van der Waals surface area contributed by atoms with Crippen LogP contribution in [0.2, 0.25) is 0 Å². The molecule has 37 heavy (non-hydrogen) atoms. The van der Waals surface area contributed by atoms with Crippen LogP contribution in [0.15, 0.2) is 73.2 Å². The summed E-state index contributed by atoms with van der Waals surface area (Å²) in [6, 6.07) is 14.7. The number of carbonyl (C=O) groups is 2. The molecule has 192 valence electrons. The second kappa shape index (κ2) is 11.9. The summed E-state index contributed by atoms with van der Waals surface area (Å²) in [5.41, 5.74) is 2.99. The normalized spacial score (nSPS) is 14.0. The molecule has 2 amide bonds. The summed E-state index contributed by atoms with van der Waals surface area (Å²) in [7, 11) is 0. The molecular weight excluding hydrogens is 495 g/mol. The van der Waals surface area contributed by atoms with Crippen LogP contribution in [-0.4, -0.2) is 54.0 Å². The molecule has 1 atom stereocenters. The number of anilines is 2. The largest absolute Gasteiger partial charge is 0.369 e. The van der Waals surface area contributed by atoms with Gasteiger partial charge in [0, 0.05) is 73.5 Å². The first-order valence-corrected chi connectivity index (χ1v) is 11.9. The number of pyridine rings is 1. The van der Waals surface area contributed by atoms with E-state index in [4.69, 9.17) is 0 Å². The molecule has 0 unspecified atom stereocenters. The SMILES string of the molecule is Cl.O=C(N[C@@H](Cc1c[nH]c2ccccc12)C(=O)Nc1ccncc1)c1ccc(N2CCNCC2)cc1F. The van der Waals surface area contributed by atoms with Gasteiger partial charge in [0.15, 0.2) is 0 Å². The fourth-order valence-electron chi connectivity index (χ4n) is 4.44. The van der Waals surface area contributed by atoms with Gasteiger partial charge in [0.1, 0.15) is 11.9 Å². The lowest BCUT2D eigenvalue weighted by atomic mass is 10.0. The Balaban J connectivity index is 0.00000320. The van der Waals surface area contributed by atoms with Crippen LogP contribution in [-0.2, 0) is 11.2 Å². The Kier molecular flexibility index (Phi) is 8.37. The molecule has 3 heterocycles. The highest BCUT2D eigenvalue weighted by atomic mass is 35.5. The van der Waals surface area contributed by atoms with Crippen LogP contribution in [0.3, 0.4) is 0 Å². The van der Waals surface area contributed by atoms with E-state index >= 15 is 4.39 Å². The molecule has 2 aromatic heterocycles. The maximum Gasteiger partial charge on any atom is 0.254 e. The van der Waals surface area contributed by atoms with E-state index in [9.17, 15) is 9.59 Å². The molecular formula is C27H28ClFN6O2. The van der Waals surface area contributed by atoms with E-state index in [1.54, 1.807) is 30.6 Å². The van der Waals surface area contributed by atoms with Crippen LogP contribution < -0.4 is 20.9 Å². The maximum atomic E-state index is 15.0. The molecule has 0 spiro atoms. The van der Waals surface area contributed by atoms with E-state index in [0.29, 0.717) is 5.69 Å². The highest BCUT2D eigenvalue weighted by Crippen LogP contribution is 2.22. The molecule has 1 fully saturated rings. The van der Waals surface area contributed by atoms with Crippen molar-refractivity contribution in [1.82, 2.24) is 20.6 Å². The lowest BCUT2D eigenvalue weighted by Gasteiger charge is -2.29. The van der Waals surface area contributed by atoms with Gasteiger partial charge in [-0.3, -0.25) is 14.6 Å². The molecule has 0 bridgehead atoms. The minimum Gasteiger partial charge on any atom is -0.369 e. The average Bonchev–Trinajstić information content (AvgIpc) is 3.32. The summed E-state index contributed by atoms with van der Waals surface area (Å²) >= 11 is 0. The van der Waals surface area contributed by atoms with E-state index in [2.05, 4.69) is 30.8 Å². The lowest BCUT2D eigenvalue weighted by Crippen LogP contribution is -2.45. The fraction of sp³-hybridized carbons (Fsp3) is 0.222. The fourth-order valence-corrected chi connectivity index (χ4v) is 4.44. The zero-order valence-electron chi connectivity index (χ0n) is 20.0. The van der Waals surface area contributed by atoms with E-state index < -0.39 is 23.7 Å². The van der Waals surface area contributed by atoms with Crippen LogP contribution in [0.4, 0.5) is 15.8 Å². The molecule has 4 N–H and O–H groups in total. The number of benzene rings is 2. The summed E-state index contributed by atoms with van der Waals surface area (Å²) in [5.74, 6) is -1.67. The first-order chi connectivity index (χ1) is 17.6. The number of halogens is 2. The molecule has 10 heteroatoms. The molecule has 8 nitrogen and oxygen atoms in total. The minimum atomic E-state index is -0.933. The Morgan fingerprint density at radius 2 is 1.81 bits per heavy atom. The predicted molar refractivity (Wildman–Crippen MR) is 145 cm³/mol. The van der Waals surface area contributed by atoms with Gasteiger partial charge in [-0.1, -0.05) is 18.2 Å². The lowest BCUT2D eigenvalue weighted by molar-refractivity contribution is -0.118. The third kappa shape index (κ3) is 6.07. The van der Waals surface area contributed by atoms with E-state index in [0.717, 1.165) is 48.3 Å². The molecule has 2 aromatic carbocycles.